The van der Waals surface area contributed by atoms with Gasteiger partial charge in [0.05, 0.1) is 6.61 Å². The number of nitrogens with one attached hydrogen (secondary N) is 1. The van der Waals surface area contributed by atoms with Crippen molar-refractivity contribution in [1.29, 1.82) is 0 Å². The van der Waals surface area contributed by atoms with Gasteiger partial charge in [-0.15, -0.1) is 0 Å². The molecule has 0 radical (unpaired) electrons. The van der Waals surface area contributed by atoms with E-state index in [4.69, 9.17) is 4.74 Å². The molecule has 0 heterocycles. The second-order valence-electron chi connectivity index (χ2n) is 5.67. The molecule has 0 bridgehead atoms. The van der Waals surface area contributed by atoms with E-state index in [1.807, 2.05) is 6.07 Å². The van der Waals surface area contributed by atoms with Crippen molar-refractivity contribution in [3.63, 3.8) is 0 Å². The minimum absolute atomic E-state index is 0.487. The van der Waals surface area contributed by atoms with Crippen molar-refractivity contribution in [2.75, 3.05) is 6.61 Å². The quantitative estimate of drug-likeness (QED) is 0.854. The Balaban J connectivity index is 1.61. The van der Waals surface area contributed by atoms with E-state index < -0.39 is 0 Å². The smallest absolute Gasteiger partial charge is 0.119 e. The number of benzene rings is 2. The van der Waals surface area contributed by atoms with Crippen LogP contribution in [0.1, 0.15) is 42.5 Å². The van der Waals surface area contributed by atoms with Gasteiger partial charge in [0.2, 0.25) is 0 Å². The van der Waals surface area contributed by atoms with E-state index in [0.29, 0.717) is 6.04 Å². The van der Waals surface area contributed by atoms with Crippen LogP contribution in [0.4, 0.5) is 0 Å². The third-order valence-corrected chi connectivity index (χ3v) is 4.06. The summed E-state index contributed by atoms with van der Waals surface area (Å²) in [5.41, 5.74) is 4.25. The molecule has 2 heteroatoms. The molecule has 1 N–H and O–H groups in total. The number of ether oxygens (including phenoxy) is 1. The number of hydrogen-bond acceptors (Lipinski definition) is 2. The van der Waals surface area contributed by atoms with Gasteiger partial charge in [-0.25, -0.2) is 0 Å². The summed E-state index contributed by atoms with van der Waals surface area (Å²) in [4.78, 5) is 0. The molecule has 3 rings (SSSR count). The Morgan fingerprint density at radius 3 is 2.95 bits per heavy atom. The van der Waals surface area contributed by atoms with E-state index in [9.17, 15) is 0 Å². The maximum Gasteiger partial charge on any atom is 0.119 e. The standard InChI is InChI=1S/C19H23NO/c1-2-12-21-17-8-5-6-15(13-17)14-20-19-11-10-16-7-3-4-9-18(16)19/h3-9,13,19-20H,2,10-12,14H2,1H3. The van der Waals surface area contributed by atoms with Gasteiger partial charge in [0.1, 0.15) is 5.75 Å². The van der Waals surface area contributed by atoms with Gasteiger partial charge in [0.25, 0.3) is 0 Å². The predicted molar refractivity (Wildman–Crippen MR) is 86.6 cm³/mol. The highest BCUT2D eigenvalue weighted by atomic mass is 16.5. The van der Waals surface area contributed by atoms with E-state index in [0.717, 1.165) is 25.3 Å². The van der Waals surface area contributed by atoms with E-state index >= 15 is 0 Å². The first-order valence-electron chi connectivity index (χ1n) is 7.89. The Kier molecular flexibility index (Phi) is 4.56. The maximum absolute atomic E-state index is 5.70. The lowest BCUT2D eigenvalue weighted by Gasteiger charge is -2.14. The van der Waals surface area contributed by atoms with Gasteiger partial charge in [-0.05, 0) is 48.1 Å². The molecule has 21 heavy (non-hydrogen) atoms. The van der Waals surface area contributed by atoms with Crippen molar-refractivity contribution in [2.24, 2.45) is 0 Å². The van der Waals surface area contributed by atoms with E-state index in [1.165, 1.54) is 29.5 Å². The van der Waals surface area contributed by atoms with E-state index in [1.54, 1.807) is 0 Å². The average Bonchev–Trinajstić information content (AvgIpc) is 2.95. The maximum atomic E-state index is 5.70. The van der Waals surface area contributed by atoms with Crippen molar-refractivity contribution < 1.29 is 4.74 Å². The molecule has 0 aromatic heterocycles. The summed E-state index contributed by atoms with van der Waals surface area (Å²) >= 11 is 0. The molecule has 1 aliphatic rings. The van der Waals surface area contributed by atoms with Crippen molar-refractivity contribution in [3.05, 3.63) is 65.2 Å². The van der Waals surface area contributed by atoms with Gasteiger partial charge in [0.15, 0.2) is 0 Å². The Morgan fingerprint density at radius 2 is 2.05 bits per heavy atom. The predicted octanol–water partition coefficient (Wildman–Crippen LogP) is 4.25. The fourth-order valence-corrected chi connectivity index (χ4v) is 2.98. The fraction of sp³-hybridized carbons (Fsp3) is 0.368. The van der Waals surface area contributed by atoms with Gasteiger partial charge < -0.3 is 10.1 Å². The Hall–Kier alpha value is -1.80. The molecular weight excluding hydrogens is 258 g/mol. The van der Waals surface area contributed by atoms with Crippen LogP contribution in [-0.4, -0.2) is 6.61 Å². The molecule has 0 fully saturated rings. The number of aryl methyl sites for hydroxylation is 1. The summed E-state index contributed by atoms with van der Waals surface area (Å²) in [7, 11) is 0. The average molecular weight is 281 g/mol. The Morgan fingerprint density at radius 1 is 1.14 bits per heavy atom. The topological polar surface area (TPSA) is 21.3 Å². The summed E-state index contributed by atoms with van der Waals surface area (Å²) in [5.74, 6) is 0.975. The van der Waals surface area contributed by atoms with Gasteiger partial charge >= 0.3 is 0 Å². The van der Waals surface area contributed by atoms with Crippen molar-refractivity contribution in [1.82, 2.24) is 5.32 Å². The highest BCUT2D eigenvalue weighted by Gasteiger charge is 2.20. The molecule has 110 valence electrons. The molecule has 0 spiro atoms. The van der Waals surface area contributed by atoms with Crippen LogP contribution >= 0.6 is 0 Å². The minimum atomic E-state index is 0.487. The second kappa shape index (κ2) is 6.77. The molecule has 1 unspecified atom stereocenters. The minimum Gasteiger partial charge on any atom is -0.494 e. The molecule has 0 saturated heterocycles. The first-order valence-corrected chi connectivity index (χ1v) is 7.89. The lowest BCUT2D eigenvalue weighted by atomic mass is 10.1. The van der Waals surface area contributed by atoms with Crippen LogP contribution in [0.5, 0.6) is 5.75 Å². The lowest BCUT2D eigenvalue weighted by Crippen LogP contribution is -2.18. The monoisotopic (exact) mass is 281 g/mol. The molecule has 0 amide bonds. The Bertz CT molecular complexity index is 594. The van der Waals surface area contributed by atoms with Crippen LogP contribution in [0.15, 0.2) is 48.5 Å². The van der Waals surface area contributed by atoms with Crippen LogP contribution in [0, 0.1) is 0 Å². The van der Waals surface area contributed by atoms with Crippen LogP contribution in [0.3, 0.4) is 0 Å². The van der Waals surface area contributed by atoms with Gasteiger partial charge in [-0.1, -0.05) is 43.3 Å². The first-order chi connectivity index (χ1) is 10.4. The zero-order chi connectivity index (χ0) is 14.5. The van der Waals surface area contributed by atoms with Gasteiger partial charge in [-0.3, -0.25) is 0 Å². The van der Waals surface area contributed by atoms with Crippen LogP contribution in [0.25, 0.3) is 0 Å². The highest BCUT2D eigenvalue weighted by molar-refractivity contribution is 5.34. The van der Waals surface area contributed by atoms with E-state index in [2.05, 4.69) is 54.7 Å². The molecular formula is C19H23NO. The SMILES string of the molecule is CCCOc1cccc(CNC2CCc3ccccc32)c1. The summed E-state index contributed by atoms with van der Waals surface area (Å²) < 4.78 is 5.70. The molecule has 0 aliphatic heterocycles. The summed E-state index contributed by atoms with van der Waals surface area (Å²) in [6.45, 7) is 3.80. The Labute approximate surface area is 127 Å². The number of rotatable bonds is 6. The molecule has 2 aromatic carbocycles. The highest BCUT2D eigenvalue weighted by Crippen LogP contribution is 2.31. The van der Waals surface area contributed by atoms with Crippen LogP contribution < -0.4 is 10.1 Å². The second-order valence-corrected chi connectivity index (χ2v) is 5.67. The number of fused-ring (bicyclic) bond motifs is 1. The van der Waals surface area contributed by atoms with Crippen molar-refractivity contribution in [2.45, 2.75) is 38.8 Å². The lowest BCUT2D eigenvalue weighted by molar-refractivity contribution is 0.317. The molecule has 2 nitrogen and oxygen atoms in total. The van der Waals surface area contributed by atoms with Gasteiger partial charge in [-0.2, -0.15) is 0 Å². The fourth-order valence-electron chi connectivity index (χ4n) is 2.98. The summed E-state index contributed by atoms with van der Waals surface area (Å²) in [5, 5.41) is 3.68. The number of hydrogen-bond donors (Lipinski definition) is 1. The molecule has 1 aliphatic carbocycles. The van der Waals surface area contributed by atoms with Crippen molar-refractivity contribution >= 4 is 0 Å². The van der Waals surface area contributed by atoms with Gasteiger partial charge in [0, 0.05) is 12.6 Å². The third kappa shape index (κ3) is 3.45. The zero-order valence-corrected chi connectivity index (χ0v) is 12.6. The molecule has 1 atom stereocenters. The van der Waals surface area contributed by atoms with Crippen LogP contribution in [-0.2, 0) is 13.0 Å². The third-order valence-electron chi connectivity index (χ3n) is 4.06. The summed E-state index contributed by atoms with van der Waals surface area (Å²) in [6.07, 6.45) is 3.43. The largest absolute Gasteiger partial charge is 0.494 e. The van der Waals surface area contributed by atoms with E-state index in [-0.39, 0.29) is 0 Å². The summed E-state index contributed by atoms with van der Waals surface area (Å²) in [6, 6.07) is 17.7. The first kappa shape index (κ1) is 14.2. The molecule has 0 saturated carbocycles. The normalized spacial score (nSPS) is 16.7. The zero-order valence-electron chi connectivity index (χ0n) is 12.6. The molecule has 2 aromatic rings. The van der Waals surface area contributed by atoms with Crippen molar-refractivity contribution in [3.8, 4) is 5.75 Å². The van der Waals surface area contributed by atoms with Crippen LogP contribution in [0.2, 0.25) is 0 Å².